The summed E-state index contributed by atoms with van der Waals surface area (Å²) < 4.78 is 4.10. The molecule has 4 N–H and O–H groups in total. The summed E-state index contributed by atoms with van der Waals surface area (Å²) in [5.41, 5.74) is 6.28. The first-order chi connectivity index (χ1) is 9.20. The quantitative estimate of drug-likeness (QED) is 0.761. The molecule has 3 heterocycles. The van der Waals surface area contributed by atoms with E-state index in [0.29, 0.717) is 23.5 Å². The van der Waals surface area contributed by atoms with Gasteiger partial charge in [0, 0.05) is 25.7 Å². The summed E-state index contributed by atoms with van der Waals surface area (Å²) in [6.07, 6.45) is 3.63. The molecule has 1 aromatic rings. The number of fused-ring (bicyclic) bond motifs is 1. The van der Waals surface area contributed by atoms with Gasteiger partial charge in [-0.2, -0.15) is 4.37 Å². The number of nitrogens with one attached hydrogen (secondary N) is 2. The molecule has 2 atom stereocenters. The lowest BCUT2D eigenvalue weighted by molar-refractivity contribution is 0.0965. The van der Waals surface area contributed by atoms with E-state index in [0.717, 1.165) is 18.0 Å². The van der Waals surface area contributed by atoms with Crippen molar-refractivity contribution < 1.29 is 4.79 Å². The molecule has 2 unspecified atom stereocenters. The van der Waals surface area contributed by atoms with Gasteiger partial charge in [0.25, 0.3) is 5.91 Å². The predicted molar refractivity (Wildman–Crippen MR) is 76.5 cm³/mol. The molecule has 1 aromatic heterocycles. The number of hydrogen-bond donors (Lipinski definition) is 3. The average Bonchev–Trinajstić information content (AvgIpc) is 3.07. The first-order valence-corrected chi connectivity index (χ1v) is 7.46. The molecule has 3 rings (SSSR count). The van der Waals surface area contributed by atoms with E-state index in [1.807, 2.05) is 0 Å². The van der Waals surface area contributed by atoms with E-state index < -0.39 is 0 Å². The number of amides is 1. The number of carbonyl (C=O) groups is 1. The summed E-state index contributed by atoms with van der Waals surface area (Å²) in [7, 11) is 1.61. The summed E-state index contributed by atoms with van der Waals surface area (Å²) in [4.78, 5) is 14.4. The molecule has 104 valence electrons. The van der Waals surface area contributed by atoms with Crippen molar-refractivity contribution in [1.82, 2.24) is 14.6 Å². The molecule has 19 heavy (non-hydrogen) atoms. The second-order valence-electron chi connectivity index (χ2n) is 5.14. The molecule has 0 radical (unpaired) electrons. The summed E-state index contributed by atoms with van der Waals surface area (Å²) in [5, 5.41) is 6.91. The first-order valence-electron chi connectivity index (χ1n) is 6.68. The van der Waals surface area contributed by atoms with E-state index in [2.05, 4.69) is 19.9 Å². The van der Waals surface area contributed by atoms with Crippen LogP contribution in [-0.2, 0) is 0 Å². The van der Waals surface area contributed by atoms with Crippen molar-refractivity contribution in [2.45, 2.75) is 31.3 Å². The van der Waals surface area contributed by atoms with Crippen LogP contribution in [0.15, 0.2) is 0 Å². The Morgan fingerprint density at radius 3 is 3.11 bits per heavy atom. The molecule has 0 saturated carbocycles. The number of anilines is 2. The third kappa shape index (κ3) is 2.17. The number of nitrogens with zero attached hydrogens (tertiary/aromatic N) is 2. The Morgan fingerprint density at radius 1 is 1.47 bits per heavy atom. The van der Waals surface area contributed by atoms with Crippen LogP contribution < -0.4 is 16.4 Å². The lowest BCUT2D eigenvalue weighted by atomic mass is 10.1. The number of aromatic nitrogens is 1. The van der Waals surface area contributed by atoms with Gasteiger partial charge in [0.1, 0.15) is 10.6 Å². The Bertz CT molecular complexity index is 488. The van der Waals surface area contributed by atoms with Crippen molar-refractivity contribution in [3.05, 3.63) is 5.56 Å². The number of hydrogen-bond acceptors (Lipinski definition) is 6. The van der Waals surface area contributed by atoms with Crippen molar-refractivity contribution in [1.29, 1.82) is 0 Å². The van der Waals surface area contributed by atoms with Crippen LogP contribution in [0.5, 0.6) is 0 Å². The minimum Gasteiger partial charge on any atom is -0.382 e. The summed E-state index contributed by atoms with van der Waals surface area (Å²) >= 11 is 1.28. The van der Waals surface area contributed by atoms with Crippen molar-refractivity contribution in [3.8, 4) is 0 Å². The van der Waals surface area contributed by atoms with E-state index in [-0.39, 0.29) is 5.91 Å². The van der Waals surface area contributed by atoms with Gasteiger partial charge in [-0.3, -0.25) is 9.69 Å². The Kier molecular flexibility index (Phi) is 3.32. The maximum Gasteiger partial charge on any atom is 0.257 e. The number of nitrogen functional groups attached to an aromatic ring is 1. The lowest BCUT2D eigenvalue weighted by Crippen LogP contribution is -2.34. The van der Waals surface area contributed by atoms with Crippen LogP contribution in [0.25, 0.3) is 0 Å². The van der Waals surface area contributed by atoms with E-state index in [1.165, 1.54) is 30.9 Å². The van der Waals surface area contributed by atoms with Crippen LogP contribution in [0, 0.1) is 0 Å². The van der Waals surface area contributed by atoms with Gasteiger partial charge in [0.15, 0.2) is 5.82 Å². The normalized spacial score (nSPS) is 26.4. The highest BCUT2D eigenvalue weighted by molar-refractivity contribution is 7.11. The Morgan fingerprint density at radius 2 is 2.32 bits per heavy atom. The average molecular weight is 281 g/mol. The molecule has 2 saturated heterocycles. The first kappa shape index (κ1) is 12.7. The molecule has 2 fully saturated rings. The van der Waals surface area contributed by atoms with Gasteiger partial charge in [0.2, 0.25) is 0 Å². The Balaban J connectivity index is 1.78. The van der Waals surface area contributed by atoms with Gasteiger partial charge in [-0.1, -0.05) is 0 Å². The molecule has 1 amide bonds. The van der Waals surface area contributed by atoms with Crippen LogP contribution in [0.4, 0.5) is 10.8 Å². The summed E-state index contributed by atoms with van der Waals surface area (Å²) in [6, 6.07) is 1.01. The SMILES string of the molecule is CNC(=O)c1c(N)nsc1NC1CCN2CCCC12. The highest BCUT2D eigenvalue weighted by Crippen LogP contribution is 2.33. The minimum atomic E-state index is -0.171. The smallest absolute Gasteiger partial charge is 0.257 e. The van der Waals surface area contributed by atoms with Crippen molar-refractivity contribution in [2.75, 3.05) is 31.2 Å². The van der Waals surface area contributed by atoms with Gasteiger partial charge in [-0.05, 0) is 37.3 Å². The molecule has 6 nitrogen and oxygen atoms in total. The zero-order chi connectivity index (χ0) is 13.4. The molecular formula is C12H19N5OS. The Hall–Kier alpha value is -1.34. The van der Waals surface area contributed by atoms with Crippen molar-refractivity contribution >= 4 is 28.3 Å². The van der Waals surface area contributed by atoms with Crippen molar-refractivity contribution in [3.63, 3.8) is 0 Å². The van der Waals surface area contributed by atoms with E-state index in [9.17, 15) is 4.79 Å². The summed E-state index contributed by atoms with van der Waals surface area (Å²) in [6.45, 7) is 2.35. The van der Waals surface area contributed by atoms with Gasteiger partial charge < -0.3 is 16.4 Å². The minimum absolute atomic E-state index is 0.171. The second-order valence-corrected chi connectivity index (χ2v) is 5.91. The van der Waals surface area contributed by atoms with Crippen molar-refractivity contribution in [2.24, 2.45) is 0 Å². The lowest BCUT2D eigenvalue weighted by Gasteiger charge is -2.21. The summed E-state index contributed by atoms with van der Waals surface area (Å²) in [5.74, 6) is 0.142. The number of carbonyl (C=O) groups excluding carboxylic acids is 1. The molecule has 0 bridgehead atoms. The highest BCUT2D eigenvalue weighted by Gasteiger charge is 2.37. The molecule has 0 aliphatic carbocycles. The fourth-order valence-electron chi connectivity index (χ4n) is 3.16. The van der Waals surface area contributed by atoms with E-state index >= 15 is 0 Å². The van der Waals surface area contributed by atoms with E-state index in [1.54, 1.807) is 7.05 Å². The van der Waals surface area contributed by atoms with Crippen LogP contribution in [0.3, 0.4) is 0 Å². The molecule has 2 aliphatic heterocycles. The van der Waals surface area contributed by atoms with Crippen LogP contribution in [0.2, 0.25) is 0 Å². The number of nitrogens with two attached hydrogens (primary N) is 1. The van der Waals surface area contributed by atoms with Crippen LogP contribution >= 0.6 is 11.5 Å². The molecular weight excluding hydrogens is 262 g/mol. The number of rotatable bonds is 3. The maximum absolute atomic E-state index is 11.8. The largest absolute Gasteiger partial charge is 0.382 e. The second kappa shape index (κ2) is 4.97. The standard InChI is InChI=1S/C12H19N5OS/c1-14-11(18)9-10(13)16-19-12(9)15-7-4-6-17-5-2-3-8(7)17/h7-8,15H,2-6H2,1H3,(H2,13,16)(H,14,18). The fraction of sp³-hybridized carbons (Fsp3) is 0.667. The van der Waals surface area contributed by atoms with Gasteiger partial charge in [-0.25, -0.2) is 0 Å². The Labute approximate surface area is 116 Å². The molecule has 0 spiro atoms. The zero-order valence-corrected chi connectivity index (χ0v) is 11.8. The zero-order valence-electron chi connectivity index (χ0n) is 11.0. The highest BCUT2D eigenvalue weighted by atomic mass is 32.1. The predicted octanol–water partition coefficient (Wildman–Crippen LogP) is 0.733. The fourth-order valence-corrected chi connectivity index (χ4v) is 3.94. The van der Waals surface area contributed by atoms with Crippen LogP contribution in [-0.4, -0.2) is 47.4 Å². The molecule has 0 aromatic carbocycles. The molecule has 2 aliphatic rings. The third-order valence-corrected chi connectivity index (χ3v) is 4.89. The topological polar surface area (TPSA) is 83.3 Å². The molecule has 7 heteroatoms. The van der Waals surface area contributed by atoms with Gasteiger partial charge in [-0.15, -0.1) is 0 Å². The van der Waals surface area contributed by atoms with Gasteiger partial charge >= 0.3 is 0 Å². The van der Waals surface area contributed by atoms with Gasteiger partial charge in [0.05, 0.1) is 0 Å². The maximum atomic E-state index is 11.8. The monoisotopic (exact) mass is 281 g/mol. The van der Waals surface area contributed by atoms with Crippen LogP contribution in [0.1, 0.15) is 29.6 Å². The third-order valence-electron chi connectivity index (χ3n) is 4.10. The van der Waals surface area contributed by atoms with E-state index in [4.69, 9.17) is 5.73 Å².